The van der Waals surface area contributed by atoms with Crippen molar-refractivity contribution < 1.29 is 0 Å². The smallest absolute Gasteiger partial charge is 0.0914 e. The van der Waals surface area contributed by atoms with Crippen LogP contribution in [0.3, 0.4) is 0 Å². The van der Waals surface area contributed by atoms with Crippen molar-refractivity contribution in [1.82, 2.24) is 4.90 Å². The van der Waals surface area contributed by atoms with E-state index in [1.165, 1.54) is 38.0 Å². The van der Waals surface area contributed by atoms with Gasteiger partial charge in [-0.3, -0.25) is 0 Å². The largest absolute Gasteiger partial charge is 0.375 e. The third kappa shape index (κ3) is 3.26. The van der Waals surface area contributed by atoms with E-state index >= 15 is 0 Å². The topological polar surface area (TPSA) is 27.0 Å². The maximum Gasteiger partial charge on any atom is 0.0914 e. The van der Waals surface area contributed by atoms with Crippen LogP contribution >= 0.6 is 0 Å². The van der Waals surface area contributed by atoms with Gasteiger partial charge in [0.1, 0.15) is 0 Å². The first-order valence-corrected chi connectivity index (χ1v) is 5.23. The van der Waals surface area contributed by atoms with Crippen LogP contribution in [0, 0.1) is 11.3 Å². The fourth-order valence-electron chi connectivity index (χ4n) is 1.81. The van der Waals surface area contributed by atoms with E-state index in [2.05, 4.69) is 24.0 Å². The molecule has 0 atom stereocenters. The minimum absolute atomic E-state index is 1.04. The first kappa shape index (κ1) is 10.8. The zero-order valence-corrected chi connectivity index (χ0v) is 9.08. The van der Waals surface area contributed by atoms with Crippen molar-refractivity contribution in [1.29, 1.82) is 5.26 Å². The number of nitriles is 1. The van der Waals surface area contributed by atoms with Gasteiger partial charge in [-0.1, -0.05) is 0 Å². The average molecular weight is 190 g/mol. The Labute approximate surface area is 86.5 Å². The maximum absolute atomic E-state index is 8.49. The molecular formula is C12H18N2. The van der Waals surface area contributed by atoms with Gasteiger partial charge >= 0.3 is 0 Å². The van der Waals surface area contributed by atoms with Crippen molar-refractivity contribution in [3.8, 4) is 6.07 Å². The third-order valence-electron chi connectivity index (χ3n) is 2.58. The molecule has 0 N–H and O–H groups in total. The monoisotopic (exact) mass is 190 g/mol. The SMILES string of the molecule is CC(=C/C#N)/C=C(\C)N1CCCCC1. The molecule has 0 aromatic carbocycles. The molecule has 0 aromatic rings. The average Bonchev–Trinajstić information content (AvgIpc) is 2.19. The summed E-state index contributed by atoms with van der Waals surface area (Å²) in [5, 5.41) is 8.49. The van der Waals surface area contributed by atoms with Gasteiger partial charge in [-0.2, -0.15) is 5.26 Å². The molecule has 1 saturated heterocycles. The molecule has 76 valence electrons. The van der Waals surface area contributed by atoms with E-state index in [-0.39, 0.29) is 0 Å². The Morgan fingerprint density at radius 1 is 1.21 bits per heavy atom. The number of hydrogen-bond acceptors (Lipinski definition) is 2. The summed E-state index contributed by atoms with van der Waals surface area (Å²) in [5.74, 6) is 0. The first-order valence-electron chi connectivity index (χ1n) is 5.23. The standard InChI is InChI=1S/C12H18N2/c1-11(6-7-13)10-12(2)14-8-4-3-5-9-14/h6,10H,3-5,8-9H2,1-2H3/b11-6-,12-10+. The summed E-state index contributed by atoms with van der Waals surface area (Å²) >= 11 is 0. The molecule has 14 heavy (non-hydrogen) atoms. The molecule has 0 spiro atoms. The number of piperidine rings is 1. The van der Waals surface area contributed by atoms with E-state index in [0.717, 1.165) is 5.57 Å². The van der Waals surface area contributed by atoms with E-state index in [9.17, 15) is 0 Å². The second-order valence-corrected chi connectivity index (χ2v) is 3.85. The van der Waals surface area contributed by atoms with Gasteiger partial charge in [-0.25, -0.2) is 0 Å². The van der Waals surface area contributed by atoms with Gasteiger partial charge in [0.05, 0.1) is 6.07 Å². The van der Waals surface area contributed by atoms with Crippen LogP contribution in [0.2, 0.25) is 0 Å². The van der Waals surface area contributed by atoms with E-state index in [1.807, 2.05) is 6.92 Å². The summed E-state index contributed by atoms with van der Waals surface area (Å²) in [6, 6.07) is 2.05. The lowest BCUT2D eigenvalue weighted by atomic mass is 10.1. The Morgan fingerprint density at radius 2 is 1.86 bits per heavy atom. The summed E-state index contributed by atoms with van der Waals surface area (Å²) in [6.45, 7) is 6.43. The molecule has 0 aliphatic carbocycles. The molecule has 0 saturated carbocycles. The first-order chi connectivity index (χ1) is 6.74. The second kappa shape index (κ2) is 5.49. The van der Waals surface area contributed by atoms with Crippen LogP contribution in [0.4, 0.5) is 0 Å². The summed E-state index contributed by atoms with van der Waals surface area (Å²) in [6.07, 6.45) is 7.64. The van der Waals surface area contributed by atoms with E-state index in [1.54, 1.807) is 6.08 Å². The van der Waals surface area contributed by atoms with Crippen LogP contribution in [0.1, 0.15) is 33.1 Å². The minimum atomic E-state index is 1.04. The molecule has 1 fully saturated rings. The van der Waals surface area contributed by atoms with Crippen molar-refractivity contribution in [2.45, 2.75) is 33.1 Å². The van der Waals surface area contributed by atoms with Crippen molar-refractivity contribution in [2.75, 3.05) is 13.1 Å². The molecule has 0 amide bonds. The van der Waals surface area contributed by atoms with Gasteiger partial charge < -0.3 is 4.90 Å². The molecule has 0 bridgehead atoms. The maximum atomic E-state index is 8.49. The Bertz CT molecular complexity index is 275. The van der Waals surface area contributed by atoms with Crippen molar-refractivity contribution in [3.05, 3.63) is 23.4 Å². The summed E-state index contributed by atoms with van der Waals surface area (Å²) in [5.41, 5.74) is 2.32. The summed E-state index contributed by atoms with van der Waals surface area (Å²) < 4.78 is 0. The van der Waals surface area contributed by atoms with Gasteiger partial charge in [0.2, 0.25) is 0 Å². The number of rotatable bonds is 2. The Kier molecular flexibility index (Phi) is 4.25. The van der Waals surface area contributed by atoms with Crippen LogP contribution in [-0.2, 0) is 0 Å². The van der Waals surface area contributed by atoms with Crippen LogP contribution in [-0.4, -0.2) is 18.0 Å². The highest BCUT2D eigenvalue weighted by Crippen LogP contribution is 2.15. The molecule has 1 aliphatic heterocycles. The van der Waals surface area contributed by atoms with Crippen molar-refractivity contribution >= 4 is 0 Å². The predicted molar refractivity (Wildman–Crippen MR) is 58.6 cm³/mol. The van der Waals surface area contributed by atoms with Crippen LogP contribution in [0.25, 0.3) is 0 Å². The summed E-state index contributed by atoms with van der Waals surface area (Å²) in [7, 11) is 0. The molecule has 0 aromatic heterocycles. The Morgan fingerprint density at radius 3 is 2.43 bits per heavy atom. The van der Waals surface area contributed by atoms with E-state index in [0.29, 0.717) is 0 Å². The Balaban J connectivity index is 2.59. The number of nitrogens with zero attached hydrogens (tertiary/aromatic N) is 2. The molecule has 0 unspecified atom stereocenters. The second-order valence-electron chi connectivity index (χ2n) is 3.85. The normalized spacial score (nSPS) is 19.4. The molecule has 1 aliphatic rings. The molecule has 0 radical (unpaired) electrons. The number of hydrogen-bond donors (Lipinski definition) is 0. The van der Waals surface area contributed by atoms with E-state index < -0.39 is 0 Å². The van der Waals surface area contributed by atoms with Gasteiger partial charge in [0.15, 0.2) is 0 Å². The lowest BCUT2D eigenvalue weighted by Gasteiger charge is -2.29. The van der Waals surface area contributed by atoms with Crippen LogP contribution < -0.4 is 0 Å². The quantitative estimate of drug-likeness (QED) is 0.494. The lowest BCUT2D eigenvalue weighted by molar-refractivity contribution is 0.286. The van der Waals surface area contributed by atoms with E-state index in [4.69, 9.17) is 5.26 Å². The van der Waals surface area contributed by atoms with Gasteiger partial charge in [0, 0.05) is 24.9 Å². The molecule has 2 nitrogen and oxygen atoms in total. The van der Waals surface area contributed by atoms with Gasteiger partial charge in [0.25, 0.3) is 0 Å². The lowest BCUT2D eigenvalue weighted by Crippen LogP contribution is -2.27. The third-order valence-corrected chi connectivity index (χ3v) is 2.58. The highest BCUT2D eigenvalue weighted by Gasteiger charge is 2.09. The number of likely N-dealkylation sites (tertiary alicyclic amines) is 1. The molecular weight excluding hydrogens is 172 g/mol. The Hall–Kier alpha value is -1.23. The zero-order chi connectivity index (χ0) is 10.4. The molecule has 1 rings (SSSR count). The zero-order valence-electron chi connectivity index (χ0n) is 9.08. The van der Waals surface area contributed by atoms with Gasteiger partial charge in [-0.15, -0.1) is 0 Å². The fraction of sp³-hybridized carbons (Fsp3) is 0.583. The van der Waals surface area contributed by atoms with Crippen molar-refractivity contribution in [2.24, 2.45) is 0 Å². The molecule has 2 heteroatoms. The van der Waals surface area contributed by atoms with Crippen molar-refractivity contribution in [3.63, 3.8) is 0 Å². The highest BCUT2D eigenvalue weighted by molar-refractivity contribution is 5.25. The predicted octanol–water partition coefficient (Wildman–Crippen LogP) is 2.85. The van der Waals surface area contributed by atoms with Crippen LogP contribution in [0.15, 0.2) is 23.4 Å². The minimum Gasteiger partial charge on any atom is -0.375 e. The van der Waals surface area contributed by atoms with Gasteiger partial charge in [-0.05, 0) is 44.8 Å². The summed E-state index contributed by atoms with van der Waals surface area (Å²) in [4.78, 5) is 2.40. The van der Waals surface area contributed by atoms with Crippen LogP contribution in [0.5, 0.6) is 0 Å². The number of allylic oxidation sites excluding steroid dienone is 4. The molecule has 1 heterocycles. The fourth-order valence-corrected chi connectivity index (χ4v) is 1.81. The highest BCUT2D eigenvalue weighted by atomic mass is 15.1.